The summed E-state index contributed by atoms with van der Waals surface area (Å²) in [6.45, 7) is 10.3. The quantitative estimate of drug-likeness (QED) is 0.836. The van der Waals surface area contributed by atoms with Gasteiger partial charge in [0.1, 0.15) is 11.4 Å². The molecule has 0 bridgehead atoms. The summed E-state index contributed by atoms with van der Waals surface area (Å²) in [5, 5.41) is 5.50. The van der Waals surface area contributed by atoms with Crippen molar-refractivity contribution in [2.75, 3.05) is 30.8 Å². The van der Waals surface area contributed by atoms with Gasteiger partial charge in [-0.05, 0) is 46.8 Å². The van der Waals surface area contributed by atoms with Crippen molar-refractivity contribution in [1.82, 2.24) is 4.90 Å². The second kappa shape index (κ2) is 8.47. The fourth-order valence-corrected chi connectivity index (χ4v) is 2.83. The molecule has 0 aliphatic carbocycles. The summed E-state index contributed by atoms with van der Waals surface area (Å²) >= 11 is 0. The smallest absolute Gasteiger partial charge is 0.412 e. The van der Waals surface area contributed by atoms with E-state index in [1.807, 2.05) is 13.8 Å². The molecule has 3 amide bonds. The van der Waals surface area contributed by atoms with E-state index in [0.29, 0.717) is 30.2 Å². The van der Waals surface area contributed by atoms with Crippen molar-refractivity contribution in [2.24, 2.45) is 0 Å². The van der Waals surface area contributed by atoms with Crippen LogP contribution in [0.2, 0.25) is 0 Å². The van der Waals surface area contributed by atoms with Crippen LogP contribution in [0.4, 0.5) is 21.0 Å². The van der Waals surface area contributed by atoms with Gasteiger partial charge in [-0.2, -0.15) is 0 Å². The van der Waals surface area contributed by atoms with E-state index in [9.17, 15) is 9.59 Å². The lowest BCUT2D eigenvalue weighted by Gasteiger charge is -2.35. The minimum absolute atomic E-state index is 0.00515. The summed E-state index contributed by atoms with van der Waals surface area (Å²) < 4.78 is 16.2. The Hall–Kier alpha value is -2.48. The van der Waals surface area contributed by atoms with Crippen molar-refractivity contribution in [3.8, 4) is 5.75 Å². The minimum Gasteiger partial charge on any atom is -0.494 e. The third-order valence-electron chi connectivity index (χ3n) is 3.80. The predicted molar refractivity (Wildman–Crippen MR) is 103 cm³/mol. The van der Waals surface area contributed by atoms with Gasteiger partial charge in [-0.3, -0.25) is 5.32 Å². The summed E-state index contributed by atoms with van der Waals surface area (Å²) in [7, 11) is 1.49. The number of urea groups is 1. The SMILES string of the molecule is COc1cc(NC(=O)N2C[C@@H](C)O[C@H](C)C2)ccc1NC(=O)OC(C)(C)C. The molecule has 1 heterocycles. The Morgan fingerprint density at radius 3 is 2.33 bits per heavy atom. The summed E-state index contributed by atoms with van der Waals surface area (Å²) in [5.41, 5.74) is 0.425. The Bertz CT molecular complexity index is 676. The van der Waals surface area contributed by atoms with E-state index in [4.69, 9.17) is 14.2 Å². The maximum Gasteiger partial charge on any atom is 0.412 e. The first-order valence-corrected chi connectivity index (χ1v) is 8.97. The van der Waals surface area contributed by atoms with E-state index in [1.54, 1.807) is 43.9 Å². The third kappa shape index (κ3) is 6.32. The number of hydrogen-bond donors (Lipinski definition) is 2. The zero-order valence-electron chi connectivity index (χ0n) is 16.8. The Labute approximate surface area is 160 Å². The number of carbonyl (C=O) groups is 2. The molecule has 0 spiro atoms. The Kier molecular flexibility index (Phi) is 6.54. The zero-order chi connectivity index (χ0) is 20.2. The highest BCUT2D eigenvalue weighted by Crippen LogP contribution is 2.29. The van der Waals surface area contributed by atoms with Crippen molar-refractivity contribution >= 4 is 23.5 Å². The fourth-order valence-electron chi connectivity index (χ4n) is 2.83. The average Bonchev–Trinajstić information content (AvgIpc) is 2.53. The van der Waals surface area contributed by atoms with Gasteiger partial charge in [0.05, 0.1) is 25.0 Å². The van der Waals surface area contributed by atoms with Gasteiger partial charge in [0.15, 0.2) is 0 Å². The maximum atomic E-state index is 12.5. The van der Waals surface area contributed by atoms with Gasteiger partial charge >= 0.3 is 12.1 Å². The molecule has 1 saturated heterocycles. The summed E-state index contributed by atoms with van der Waals surface area (Å²) in [6.07, 6.45) is -0.585. The van der Waals surface area contributed by atoms with E-state index < -0.39 is 11.7 Å². The number of ether oxygens (including phenoxy) is 3. The highest BCUT2D eigenvalue weighted by atomic mass is 16.6. The molecular formula is C19H29N3O5. The molecular weight excluding hydrogens is 350 g/mol. The number of anilines is 2. The Balaban J connectivity index is 2.04. The number of morpholine rings is 1. The van der Waals surface area contributed by atoms with Crippen LogP contribution in [-0.2, 0) is 9.47 Å². The predicted octanol–water partition coefficient (Wildman–Crippen LogP) is 3.68. The molecule has 27 heavy (non-hydrogen) atoms. The number of carbonyl (C=O) groups excluding carboxylic acids is 2. The summed E-state index contributed by atoms with van der Waals surface area (Å²) in [5.74, 6) is 0.419. The largest absolute Gasteiger partial charge is 0.494 e. The van der Waals surface area contributed by atoms with Gasteiger partial charge in [0.2, 0.25) is 0 Å². The van der Waals surface area contributed by atoms with Gasteiger partial charge < -0.3 is 24.4 Å². The monoisotopic (exact) mass is 379 g/mol. The highest BCUT2D eigenvalue weighted by Gasteiger charge is 2.26. The van der Waals surface area contributed by atoms with Crippen LogP contribution in [0.15, 0.2) is 18.2 Å². The van der Waals surface area contributed by atoms with Crippen LogP contribution in [0.5, 0.6) is 5.75 Å². The maximum absolute atomic E-state index is 12.5. The average molecular weight is 379 g/mol. The van der Waals surface area contributed by atoms with Crippen molar-refractivity contribution in [3.63, 3.8) is 0 Å². The van der Waals surface area contributed by atoms with E-state index in [-0.39, 0.29) is 18.2 Å². The highest BCUT2D eigenvalue weighted by molar-refractivity contribution is 5.92. The number of rotatable bonds is 3. The standard InChI is InChI=1S/C19H29N3O5/c1-12-10-22(11-13(2)26-12)17(23)20-14-7-8-15(16(9-14)25-6)21-18(24)27-19(3,4)5/h7-9,12-13H,10-11H2,1-6H3,(H,20,23)(H,21,24)/t12-,13-/m1/s1. The van der Waals surface area contributed by atoms with Crippen LogP contribution in [-0.4, -0.2) is 55.0 Å². The van der Waals surface area contributed by atoms with Gasteiger partial charge in [-0.15, -0.1) is 0 Å². The molecule has 8 nitrogen and oxygen atoms in total. The molecule has 0 saturated carbocycles. The van der Waals surface area contributed by atoms with Crippen LogP contribution in [0.25, 0.3) is 0 Å². The van der Waals surface area contributed by atoms with Crippen molar-refractivity contribution < 1.29 is 23.8 Å². The number of methoxy groups -OCH3 is 1. The number of amides is 3. The second-order valence-electron chi connectivity index (χ2n) is 7.63. The van der Waals surface area contributed by atoms with Crippen LogP contribution in [0.3, 0.4) is 0 Å². The second-order valence-corrected chi connectivity index (χ2v) is 7.63. The van der Waals surface area contributed by atoms with E-state index in [1.165, 1.54) is 7.11 Å². The molecule has 1 aromatic rings. The minimum atomic E-state index is -0.600. The van der Waals surface area contributed by atoms with Crippen LogP contribution >= 0.6 is 0 Å². The van der Waals surface area contributed by atoms with Gasteiger partial charge in [0, 0.05) is 24.8 Å². The molecule has 150 valence electrons. The van der Waals surface area contributed by atoms with Crippen LogP contribution in [0.1, 0.15) is 34.6 Å². The number of nitrogens with one attached hydrogen (secondary N) is 2. The van der Waals surface area contributed by atoms with E-state index >= 15 is 0 Å². The summed E-state index contributed by atoms with van der Waals surface area (Å²) in [4.78, 5) is 26.2. The first kappa shape index (κ1) is 20.8. The molecule has 1 aliphatic heterocycles. The molecule has 2 N–H and O–H groups in total. The van der Waals surface area contributed by atoms with Crippen LogP contribution < -0.4 is 15.4 Å². The Morgan fingerprint density at radius 2 is 1.78 bits per heavy atom. The third-order valence-corrected chi connectivity index (χ3v) is 3.80. The molecule has 2 atom stereocenters. The van der Waals surface area contributed by atoms with E-state index in [0.717, 1.165) is 0 Å². The zero-order valence-corrected chi connectivity index (χ0v) is 16.8. The first-order valence-electron chi connectivity index (χ1n) is 8.97. The number of nitrogens with zero attached hydrogens (tertiary/aromatic N) is 1. The normalized spacial score (nSPS) is 20.0. The van der Waals surface area contributed by atoms with Crippen molar-refractivity contribution in [1.29, 1.82) is 0 Å². The molecule has 1 fully saturated rings. The first-order chi connectivity index (χ1) is 12.6. The molecule has 0 unspecified atom stereocenters. The van der Waals surface area contributed by atoms with Crippen LogP contribution in [0, 0.1) is 0 Å². The lowest BCUT2D eigenvalue weighted by atomic mass is 10.2. The molecule has 1 aromatic carbocycles. The topological polar surface area (TPSA) is 89.1 Å². The molecule has 1 aliphatic rings. The molecule has 8 heteroatoms. The molecule has 0 aromatic heterocycles. The van der Waals surface area contributed by atoms with Crippen molar-refractivity contribution in [2.45, 2.75) is 52.4 Å². The lowest BCUT2D eigenvalue weighted by molar-refractivity contribution is -0.0530. The Morgan fingerprint density at radius 1 is 1.15 bits per heavy atom. The summed E-state index contributed by atoms with van der Waals surface area (Å²) in [6, 6.07) is 4.80. The molecule has 2 rings (SSSR count). The van der Waals surface area contributed by atoms with E-state index in [2.05, 4.69) is 10.6 Å². The van der Waals surface area contributed by atoms with Crippen molar-refractivity contribution in [3.05, 3.63) is 18.2 Å². The van der Waals surface area contributed by atoms with Gasteiger partial charge in [-0.25, -0.2) is 9.59 Å². The fraction of sp³-hybridized carbons (Fsp3) is 0.579. The van der Waals surface area contributed by atoms with Gasteiger partial charge in [-0.1, -0.05) is 0 Å². The van der Waals surface area contributed by atoms with Gasteiger partial charge in [0.25, 0.3) is 0 Å². The lowest BCUT2D eigenvalue weighted by Crippen LogP contribution is -2.49. The number of benzene rings is 1. The number of hydrogen-bond acceptors (Lipinski definition) is 5. The molecule has 0 radical (unpaired) electrons.